The van der Waals surface area contributed by atoms with Crippen molar-refractivity contribution in [3.05, 3.63) is 23.8 Å². The zero-order chi connectivity index (χ0) is 14.4. The highest BCUT2D eigenvalue weighted by molar-refractivity contribution is 5.99. The molecule has 0 heterocycles. The van der Waals surface area contributed by atoms with Gasteiger partial charge in [0.2, 0.25) is 0 Å². The van der Waals surface area contributed by atoms with Gasteiger partial charge in [-0.1, -0.05) is 33.8 Å². The third kappa shape index (κ3) is 4.93. The Labute approximate surface area is 115 Å². The molecule has 0 bridgehead atoms. The van der Waals surface area contributed by atoms with E-state index < -0.39 is 0 Å². The molecule has 19 heavy (non-hydrogen) atoms. The molecule has 1 aromatic rings. The monoisotopic (exact) mass is 264 g/mol. The zero-order valence-electron chi connectivity index (χ0n) is 12.5. The molecule has 0 fully saturated rings. The Hall–Kier alpha value is -1.51. The largest absolute Gasteiger partial charge is 0.492 e. The van der Waals surface area contributed by atoms with E-state index in [-0.39, 0.29) is 5.78 Å². The molecule has 0 aliphatic heterocycles. The summed E-state index contributed by atoms with van der Waals surface area (Å²) in [7, 11) is 0. The molecule has 1 aromatic carbocycles. The highest BCUT2D eigenvalue weighted by Gasteiger charge is 2.16. The fourth-order valence-electron chi connectivity index (χ4n) is 1.61. The third-order valence-electron chi connectivity index (χ3n) is 2.48. The van der Waals surface area contributed by atoms with Gasteiger partial charge in [0.25, 0.3) is 0 Å². The van der Waals surface area contributed by atoms with Crippen molar-refractivity contribution in [2.24, 2.45) is 11.8 Å². The molecule has 0 radical (unpaired) electrons. The predicted octanol–water partition coefficient (Wildman–Crippen LogP) is 3.96. The Morgan fingerprint density at radius 3 is 1.74 bits per heavy atom. The van der Waals surface area contributed by atoms with Crippen LogP contribution in [0.15, 0.2) is 18.2 Å². The van der Waals surface area contributed by atoms with Crippen molar-refractivity contribution in [1.29, 1.82) is 0 Å². The first-order chi connectivity index (χ1) is 8.91. The number of carbonyl (C=O) groups is 1. The number of Topliss-reactive ketones (excluding diaryl/α,β-unsaturated/α-hetero) is 1. The Balaban J connectivity index is 2.97. The van der Waals surface area contributed by atoms with Crippen LogP contribution in [-0.2, 0) is 0 Å². The van der Waals surface area contributed by atoms with Crippen molar-refractivity contribution in [3.63, 3.8) is 0 Å². The van der Waals surface area contributed by atoms with Gasteiger partial charge in [0, 0.05) is 0 Å². The van der Waals surface area contributed by atoms with Gasteiger partial charge in [0.15, 0.2) is 5.78 Å². The molecule has 0 aliphatic carbocycles. The van der Waals surface area contributed by atoms with Gasteiger partial charge in [-0.05, 0) is 30.9 Å². The molecule has 106 valence electrons. The van der Waals surface area contributed by atoms with E-state index in [0.717, 1.165) is 0 Å². The number of benzene rings is 1. The lowest BCUT2D eigenvalue weighted by Gasteiger charge is -2.16. The molecule has 0 aromatic heterocycles. The van der Waals surface area contributed by atoms with Gasteiger partial charge in [-0.3, -0.25) is 4.79 Å². The van der Waals surface area contributed by atoms with E-state index in [1.165, 1.54) is 0 Å². The number of rotatable bonds is 7. The summed E-state index contributed by atoms with van der Waals surface area (Å²) >= 11 is 0. The highest BCUT2D eigenvalue weighted by atomic mass is 16.5. The first kappa shape index (κ1) is 15.5. The SMILES string of the molecule is CC(=O)c1c(OCC(C)C)cccc1OCC(C)C. The lowest BCUT2D eigenvalue weighted by atomic mass is 10.1. The van der Waals surface area contributed by atoms with Crippen LogP contribution < -0.4 is 9.47 Å². The van der Waals surface area contributed by atoms with Crippen molar-refractivity contribution in [2.45, 2.75) is 34.6 Å². The van der Waals surface area contributed by atoms with Crippen LogP contribution >= 0.6 is 0 Å². The van der Waals surface area contributed by atoms with Gasteiger partial charge in [-0.2, -0.15) is 0 Å². The summed E-state index contributed by atoms with van der Waals surface area (Å²) in [4.78, 5) is 11.8. The van der Waals surface area contributed by atoms with E-state index in [0.29, 0.717) is 42.1 Å². The van der Waals surface area contributed by atoms with E-state index in [4.69, 9.17) is 9.47 Å². The van der Waals surface area contributed by atoms with E-state index in [1.807, 2.05) is 18.2 Å². The summed E-state index contributed by atoms with van der Waals surface area (Å²) < 4.78 is 11.4. The van der Waals surface area contributed by atoms with Gasteiger partial charge in [0.05, 0.1) is 13.2 Å². The summed E-state index contributed by atoms with van der Waals surface area (Å²) in [5, 5.41) is 0. The lowest BCUT2D eigenvalue weighted by molar-refractivity contribution is 0.100. The van der Waals surface area contributed by atoms with E-state index in [9.17, 15) is 4.79 Å². The smallest absolute Gasteiger partial charge is 0.167 e. The Morgan fingerprint density at radius 1 is 1.00 bits per heavy atom. The maximum Gasteiger partial charge on any atom is 0.167 e. The molecular formula is C16H24O3. The second kappa shape index (κ2) is 7.17. The molecule has 1 rings (SSSR count). The Kier molecular flexibility index (Phi) is 5.87. The molecule has 3 nitrogen and oxygen atoms in total. The maximum absolute atomic E-state index is 11.8. The van der Waals surface area contributed by atoms with Crippen LogP contribution in [0.3, 0.4) is 0 Å². The average Bonchev–Trinajstić information content (AvgIpc) is 2.33. The van der Waals surface area contributed by atoms with E-state index >= 15 is 0 Å². The zero-order valence-corrected chi connectivity index (χ0v) is 12.5. The van der Waals surface area contributed by atoms with Crippen LogP contribution in [0.1, 0.15) is 45.0 Å². The summed E-state index contributed by atoms with van der Waals surface area (Å²) in [6.07, 6.45) is 0. The first-order valence-electron chi connectivity index (χ1n) is 6.81. The van der Waals surface area contributed by atoms with Crippen molar-refractivity contribution < 1.29 is 14.3 Å². The first-order valence-corrected chi connectivity index (χ1v) is 6.81. The number of ether oxygens (including phenoxy) is 2. The van der Waals surface area contributed by atoms with Crippen LogP contribution in [0.5, 0.6) is 11.5 Å². The molecule has 0 saturated heterocycles. The lowest BCUT2D eigenvalue weighted by Crippen LogP contribution is -2.11. The van der Waals surface area contributed by atoms with Crippen molar-refractivity contribution >= 4 is 5.78 Å². The van der Waals surface area contributed by atoms with Gasteiger partial charge in [-0.15, -0.1) is 0 Å². The topological polar surface area (TPSA) is 35.5 Å². The Morgan fingerprint density at radius 2 is 1.42 bits per heavy atom. The van der Waals surface area contributed by atoms with Crippen LogP contribution in [0.2, 0.25) is 0 Å². The van der Waals surface area contributed by atoms with Gasteiger partial charge in [0.1, 0.15) is 17.1 Å². The summed E-state index contributed by atoms with van der Waals surface area (Å²) in [5.74, 6) is 2.03. The van der Waals surface area contributed by atoms with Gasteiger partial charge >= 0.3 is 0 Å². The fraction of sp³-hybridized carbons (Fsp3) is 0.562. The quantitative estimate of drug-likeness (QED) is 0.699. The van der Waals surface area contributed by atoms with Crippen LogP contribution in [0.25, 0.3) is 0 Å². The minimum atomic E-state index is -0.0295. The molecule has 0 spiro atoms. The van der Waals surface area contributed by atoms with Crippen LogP contribution in [0.4, 0.5) is 0 Å². The average molecular weight is 264 g/mol. The number of carbonyl (C=O) groups excluding carboxylic acids is 1. The van der Waals surface area contributed by atoms with Gasteiger partial charge in [-0.25, -0.2) is 0 Å². The second-order valence-electron chi connectivity index (χ2n) is 5.60. The molecular weight excluding hydrogens is 240 g/mol. The number of hydrogen-bond acceptors (Lipinski definition) is 3. The fourth-order valence-corrected chi connectivity index (χ4v) is 1.61. The minimum Gasteiger partial charge on any atom is -0.492 e. The molecule has 0 amide bonds. The summed E-state index contributed by atoms with van der Waals surface area (Å²) in [6.45, 7) is 11.0. The molecule has 0 aliphatic rings. The number of ketones is 1. The van der Waals surface area contributed by atoms with E-state index in [1.54, 1.807) is 6.92 Å². The van der Waals surface area contributed by atoms with Gasteiger partial charge < -0.3 is 9.47 Å². The van der Waals surface area contributed by atoms with E-state index in [2.05, 4.69) is 27.7 Å². The molecule has 0 saturated carbocycles. The molecule has 3 heteroatoms. The van der Waals surface area contributed by atoms with Crippen molar-refractivity contribution in [3.8, 4) is 11.5 Å². The third-order valence-corrected chi connectivity index (χ3v) is 2.48. The molecule has 0 atom stereocenters. The summed E-state index contributed by atoms with van der Waals surface area (Å²) in [6, 6.07) is 5.50. The normalized spacial score (nSPS) is 10.9. The van der Waals surface area contributed by atoms with Crippen molar-refractivity contribution in [2.75, 3.05) is 13.2 Å². The molecule has 0 N–H and O–H groups in total. The standard InChI is InChI=1S/C16H24O3/c1-11(2)9-18-14-7-6-8-15(16(14)13(5)17)19-10-12(3)4/h6-8,11-12H,9-10H2,1-5H3. The minimum absolute atomic E-state index is 0.0295. The maximum atomic E-state index is 11.8. The highest BCUT2D eigenvalue weighted by Crippen LogP contribution is 2.29. The van der Waals surface area contributed by atoms with Crippen LogP contribution in [-0.4, -0.2) is 19.0 Å². The van der Waals surface area contributed by atoms with Crippen LogP contribution in [0, 0.1) is 11.8 Å². The summed E-state index contributed by atoms with van der Waals surface area (Å²) in [5.41, 5.74) is 0.545. The Bertz CT molecular complexity index is 392. The molecule has 0 unspecified atom stereocenters. The predicted molar refractivity (Wildman–Crippen MR) is 77.1 cm³/mol. The number of hydrogen-bond donors (Lipinski definition) is 0. The second-order valence-corrected chi connectivity index (χ2v) is 5.60. The van der Waals surface area contributed by atoms with Crippen molar-refractivity contribution in [1.82, 2.24) is 0 Å².